The fourth-order valence-corrected chi connectivity index (χ4v) is 1.24. The maximum absolute atomic E-state index is 12.7. The van der Waals surface area contributed by atoms with Crippen LogP contribution in [0, 0.1) is 0 Å². The van der Waals surface area contributed by atoms with Gasteiger partial charge >= 0.3 is 12.3 Å². The maximum Gasteiger partial charge on any atom is 0.506 e. The fraction of sp³-hybridized carbons (Fsp3) is 0.111. The Hall–Kier alpha value is -2.45. The van der Waals surface area contributed by atoms with Gasteiger partial charge in [0, 0.05) is 6.20 Å². The Balaban J connectivity index is 2.62. The number of carboxylic acid groups (broad SMARTS) is 1. The molecule has 6 nitrogen and oxygen atoms in total. The molecule has 0 amide bonds. The molecule has 0 bridgehead atoms. The minimum Gasteiger partial charge on any atom is -0.475 e. The van der Waals surface area contributed by atoms with Gasteiger partial charge in [-0.15, -0.1) is 23.0 Å². The summed E-state index contributed by atoms with van der Waals surface area (Å²) in [5.41, 5.74) is -0.116. The zero-order valence-electron chi connectivity index (χ0n) is 8.59. The number of alkyl halides is 3. The summed E-state index contributed by atoms with van der Waals surface area (Å²) in [6, 6.07) is 4.24. The predicted molar refractivity (Wildman–Crippen MR) is 51.5 cm³/mol. The van der Waals surface area contributed by atoms with Crippen LogP contribution < -0.4 is 0 Å². The second kappa shape index (κ2) is 4.09. The lowest BCUT2D eigenvalue weighted by atomic mass is 10.3. The molecular formula is C9H5F3N4O2. The molecule has 0 saturated carbocycles. The first-order chi connectivity index (χ1) is 8.39. The Kier molecular flexibility index (Phi) is 2.73. The predicted octanol–water partition coefficient (Wildman–Crippen LogP) is 1.51. The van der Waals surface area contributed by atoms with E-state index >= 15 is 0 Å². The molecule has 0 radical (unpaired) electrons. The highest BCUT2D eigenvalue weighted by Crippen LogP contribution is 2.27. The monoisotopic (exact) mass is 258 g/mol. The molecule has 2 heterocycles. The van der Waals surface area contributed by atoms with Gasteiger partial charge in [-0.05, 0) is 12.1 Å². The van der Waals surface area contributed by atoms with Crippen LogP contribution in [-0.2, 0) is 6.30 Å². The highest BCUT2D eigenvalue weighted by molar-refractivity contribution is 5.83. The number of aromatic nitrogens is 4. The quantitative estimate of drug-likeness (QED) is 0.883. The van der Waals surface area contributed by atoms with E-state index in [9.17, 15) is 18.0 Å². The van der Waals surface area contributed by atoms with Gasteiger partial charge in [0.25, 0.3) is 5.82 Å². The molecule has 0 aliphatic carbocycles. The standard InChI is InChI=1S/C9H5F3N4O2/c10-9(11,12)16-7(5-3-1-2-4-13-5)14-6(15-16)8(17)18/h1-4H,(H,17,18). The van der Waals surface area contributed by atoms with Gasteiger partial charge in [-0.2, -0.15) is 4.98 Å². The van der Waals surface area contributed by atoms with Crippen molar-refractivity contribution in [2.45, 2.75) is 6.30 Å². The topological polar surface area (TPSA) is 80.9 Å². The molecule has 0 aliphatic heterocycles. The number of pyridine rings is 1. The Morgan fingerprint density at radius 3 is 2.56 bits per heavy atom. The van der Waals surface area contributed by atoms with Crippen LogP contribution >= 0.6 is 0 Å². The van der Waals surface area contributed by atoms with Crippen molar-refractivity contribution in [3.63, 3.8) is 0 Å². The number of rotatable bonds is 2. The van der Waals surface area contributed by atoms with Crippen molar-refractivity contribution < 1.29 is 23.1 Å². The van der Waals surface area contributed by atoms with Crippen molar-refractivity contribution in [3.8, 4) is 11.5 Å². The summed E-state index contributed by atoms with van der Waals surface area (Å²) in [5, 5.41) is 11.5. The fourth-order valence-electron chi connectivity index (χ4n) is 1.24. The van der Waals surface area contributed by atoms with E-state index in [-0.39, 0.29) is 5.69 Å². The van der Waals surface area contributed by atoms with Crippen molar-refractivity contribution in [2.75, 3.05) is 0 Å². The summed E-state index contributed by atoms with van der Waals surface area (Å²) < 4.78 is 37.5. The van der Waals surface area contributed by atoms with Gasteiger partial charge in [-0.3, -0.25) is 4.98 Å². The number of halogens is 3. The van der Waals surface area contributed by atoms with Crippen molar-refractivity contribution in [2.24, 2.45) is 0 Å². The van der Waals surface area contributed by atoms with E-state index in [1.54, 1.807) is 0 Å². The second-order valence-electron chi connectivity index (χ2n) is 3.16. The SMILES string of the molecule is O=C(O)c1nc(-c2ccccn2)n(C(F)(F)F)n1. The molecule has 94 valence electrons. The Labute approximate surface area is 97.7 Å². The number of carboxylic acids is 1. The summed E-state index contributed by atoms with van der Waals surface area (Å²) in [6.45, 7) is 0. The average Bonchev–Trinajstić information content (AvgIpc) is 2.74. The molecule has 0 aromatic carbocycles. The summed E-state index contributed by atoms with van der Waals surface area (Å²) in [7, 11) is 0. The van der Waals surface area contributed by atoms with Crippen LogP contribution in [-0.4, -0.2) is 30.8 Å². The number of aromatic carboxylic acids is 1. The molecule has 9 heteroatoms. The van der Waals surface area contributed by atoms with E-state index in [0.717, 1.165) is 0 Å². The minimum absolute atomic E-state index is 0.116. The number of hydrogen-bond donors (Lipinski definition) is 1. The van der Waals surface area contributed by atoms with Gasteiger partial charge in [0.2, 0.25) is 0 Å². The average molecular weight is 258 g/mol. The van der Waals surface area contributed by atoms with Gasteiger partial charge in [-0.25, -0.2) is 4.79 Å². The van der Waals surface area contributed by atoms with Crippen LogP contribution in [0.15, 0.2) is 24.4 Å². The summed E-state index contributed by atoms with van der Waals surface area (Å²) >= 11 is 0. The van der Waals surface area contributed by atoms with Gasteiger partial charge < -0.3 is 5.11 Å². The van der Waals surface area contributed by atoms with Crippen LogP contribution in [0.5, 0.6) is 0 Å². The van der Waals surface area contributed by atoms with E-state index in [0.29, 0.717) is 0 Å². The normalized spacial score (nSPS) is 11.5. The van der Waals surface area contributed by atoms with E-state index in [1.807, 2.05) is 0 Å². The highest BCUT2D eigenvalue weighted by Gasteiger charge is 2.37. The number of hydrogen-bond acceptors (Lipinski definition) is 4. The Morgan fingerprint density at radius 1 is 1.33 bits per heavy atom. The summed E-state index contributed by atoms with van der Waals surface area (Å²) in [4.78, 5) is 17.6. The van der Waals surface area contributed by atoms with Crippen LogP contribution in [0.1, 0.15) is 10.6 Å². The molecule has 2 aromatic rings. The van der Waals surface area contributed by atoms with Gasteiger partial charge in [0.1, 0.15) is 5.69 Å². The van der Waals surface area contributed by atoms with Crippen LogP contribution in [0.25, 0.3) is 11.5 Å². The third kappa shape index (κ3) is 2.14. The van der Waals surface area contributed by atoms with Crippen molar-refractivity contribution in [3.05, 3.63) is 30.2 Å². The first-order valence-electron chi connectivity index (χ1n) is 4.58. The van der Waals surface area contributed by atoms with Gasteiger partial charge in [0.15, 0.2) is 5.82 Å². The molecule has 0 atom stereocenters. The van der Waals surface area contributed by atoms with Crippen LogP contribution in [0.3, 0.4) is 0 Å². The lowest BCUT2D eigenvalue weighted by Gasteiger charge is -2.07. The molecule has 2 rings (SSSR count). The van der Waals surface area contributed by atoms with Crippen LogP contribution in [0.2, 0.25) is 0 Å². The molecule has 18 heavy (non-hydrogen) atoms. The van der Waals surface area contributed by atoms with Gasteiger partial charge in [-0.1, -0.05) is 6.07 Å². The maximum atomic E-state index is 12.7. The molecule has 1 N–H and O–H groups in total. The molecule has 0 unspecified atom stereocenters. The Morgan fingerprint density at radius 2 is 2.06 bits per heavy atom. The smallest absolute Gasteiger partial charge is 0.475 e. The third-order valence-electron chi connectivity index (χ3n) is 1.93. The van der Waals surface area contributed by atoms with E-state index in [1.165, 1.54) is 24.4 Å². The second-order valence-corrected chi connectivity index (χ2v) is 3.16. The molecule has 0 saturated heterocycles. The van der Waals surface area contributed by atoms with E-state index in [4.69, 9.17) is 5.11 Å². The van der Waals surface area contributed by atoms with Crippen molar-refractivity contribution in [1.29, 1.82) is 0 Å². The first-order valence-corrected chi connectivity index (χ1v) is 4.58. The number of nitrogens with zero attached hydrogens (tertiary/aromatic N) is 4. The third-order valence-corrected chi connectivity index (χ3v) is 1.93. The lowest BCUT2D eigenvalue weighted by Crippen LogP contribution is -2.20. The van der Waals surface area contributed by atoms with Crippen molar-refractivity contribution >= 4 is 5.97 Å². The molecule has 0 aliphatic rings. The molecule has 0 spiro atoms. The molecule has 2 aromatic heterocycles. The lowest BCUT2D eigenvalue weighted by molar-refractivity contribution is -0.211. The summed E-state index contributed by atoms with van der Waals surface area (Å²) in [5.74, 6) is -3.25. The zero-order chi connectivity index (χ0) is 13.3. The molecular weight excluding hydrogens is 253 g/mol. The summed E-state index contributed by atoms with van der Waals surface area (Å²) in [6.07, 6.45) is -3.60. The Bertz CT molecular complexity index is 579. The zero-order valence-corrected chi connectivity index (χ0v) is 8.59. The first kappa shape index (κ1) is 12.0. The van der Waals surface area contributed by atoms with Gasteiger partial charge in [0.05, 0.1) is 0 Å². The largest absolute Gasteiger partial charge is 0.506 e. The minimum atomic E-state index is -4.87. The van der Waals surface area contributed by atoms with E-state index in [2.05, 4.69) is 15.1 Å². The van der Waals surface area contributed by atoms with Crippen molar-refractivity contribution in [1.82, 2.24) is 19.7 Å². The highest BCUT2D eigenvalue weighted by atomic mass is 19.4. The molecule has 0 fully saturated rings. The number of carbonyl (C=O) groups is 1. The van der Waals surface area contributed by atoms with E-state index < -0.39 is 28.6 Å². The van der Waals surface area contributed by atoms with Crippen LogP contribution in [0.4, 0.5) is 13.2 Å².